The average Bonchev–Trinajstić information content (AvgIpc) is 3.11. The van der Waals surface area contributed by atoms with Crippen LogP contribution in [0.5, 0.6) is 0 Å². The summed E-state index contributed by atoms with van der Waals surface area (Å²) in [5.74, 6) is -1.02. The number of rotatable bonds is 7. The number of ether oxygens (including phenoxy) is 1. The maximum absolute atomic E-state index is 11.3. The lowest BCUT2D eigenvalue weighted by molar-refractivity contribution is -0.140. The molecule has 6 heteroatoms. The Hall–Kier alpha value is -3.77. The van der Waals surface area contributed by atoms with Gasteiger partial charge in [0.1, 0.15) is 6.61 Å². The summed E-state index contributed by atoms with van der Waals surface area (Å²) in [7, 11) is 0. The number of hydrogen-bond acceptors (Lipinski definition) is 5. The zero-order valence-corrected chi connectivity index (χ0v) is 16.4. The molecule has 3 rings (SSSR count). The number of carbonyl (C=O) groups is 3. The molecule has 0 unspecified atom stereocenters. The Morgan fingerprint density at radius 1 is 0.967 bits per heavy atom. The third-order valence-corrected chi connectivity index (χ3v) is 3.91. The van der Waals surface area contributed by atoms with Crippen LogP contribution in [0.15, 0.2) is 91.0 Å². The van der Waals surface area contributed by atoms with Gasteiger partial charge in [-0.05, 0) is 24.1 Å². The predicted molar refractivity (Wildman–Crippen MR) is 115 cm³/mol. The molecule has 2 aromatic carbocycles. The number of amides is 2. The van der Waals surface area contributed by atoms with E-state index >= 15 is 0 Å². The highest BCUT2D eigenvalue weighted by Gasteiger charge is 2.24. The molecular formula is C24H23NO5. The van der Waals surface area contributed by atoms with E-state index in [1.807, 2.05) is 48.6 Å². The van der Waals surface area contributed by atoms with E-state index in [0.29, 0.717) is 17.7 Å². The fourth-order valence-electron chi connectivity index (χ4n) is 2.46. The summed E-state index contributed by atoms with van der Waals surface area (Å²) in [6, 6.07) is 18.7. The van der Waals surface area contributed by atoms with E-state index in [9.17, 15) is 14.4 Å². The molecule has 30 heavy (non-hydrogen) atoms. The maximum Gasteiger partial charge on any atom is 0.333 e. The van der Waals surface area contributed by atoms with Gasteiger partial charge in [0.15, 0.2) is 0 Å². The quantitative estimate of drug-likeness (QED) is 0.434. The van der Waals surface area contributed by atoms with Crippen molar-refractivity contribution in [2.75, 3.05) is 18.1 Å². The normalized spacial score (nSPS) is 12.6. The molecule has 0 radical (unpaired) electrons. The van der Waals surface area contributed by atoms with Crippen LogP contribution in [0.3, 0.4) is 0 Å². The number of allylic oxidation sites excluding steroid dienone is 1. The number of aliphatic hydroxyl groups excluding tert-OH is 1. The molecule has 1 aliphatic heterocycles. The van der Waals surface area contributed by atoms with Gasteiger partial charge in [-0.15, -0.1) is 0 Å². The van der Waals surface area contributed by atoms with Gasteiger partial charge in [0.2, 0.25) is 0 Å². The number of benzene rings is 2. The van der Waals surface area contributed by atoms with Crippen LogP contribution < -0.4 is 4.90 Å². The largest absolute Gasteiger partial charge is 0.460 e. The number of hydrogen-bond donors (Lipinski definition) is 1. The standard InChI is InChI=1S/C14H16O3.C10H7NO2/c1-12(14(16)17-11-10-15)6-5-9-13-7-3-2-4-8-13;12-9-6-7-10(13)11(9)8-4-2-1-3-5-8/h2-5,7-9,15H,1,6,10-11H2;1-7H. The van der Waals surface area contributed by atoms with Crippen molar-refractivity contribution in [1.82, 2.24) is 0 Å². The van der Waals surface area contributed by atoms with Gasteiger partial charge in [0.25, 0.3) is 11.8 Å². The first-order valence-electron chi connectivity index (χ1n) is 9.31. The first-order chi connectivity index (χ1) is 14.5. The highest BCUT2D eigenvalue weighted by atomic mass is 16.5. The smallest absolute Gasteiger partial charge is 0.333 e. The summed E-state index contributed by atoms with van der Waals surface area (Å²) >= 11 is 0. The lowest BCUT2D eigenvalue weighted by Gasteiger charge is -2.12. The predicted octanol–water partition coefficient (Wildman–Crippen LogP) is 3.30. The molecule has 6 nitrogen and oxygen atoms in total. The molecule has 0 aromatic heterocycles. The van der Waals surface area contributed by atoms with Crippen molar-refractivity contribution < 1.29 is 24.2 Å². The van der Waals surface area contributed by atoms with Gasteiger partial charge in [0.05, 0.1) is 12.3 Å². The van der Waals surface area contributed by atoms with Crippen LogP contribution in [0.2, 0.25) is 0 Å². The van der Waals surface area contributed by atoms with E-state index in [2.05, 4.69) is 6.58 Å². The van der Waals surface area contributed by atoms with Crippen LogP contribution in [0, 0.1) is 0 Å². The number of imide groups is 1. The minimum atomic E-state index is -0.461. The third kappa shape index (κ3) is 7.00. The van der Waals surface area contributed by atoms with Gasteiger partial charge in [-0.1, -0.05) is 67.3 Å². The molecule has 0 saturated heterocycles. The molecule has 0 saturated carbocycles. The molecule has 154 valence electrons. The van der Waals surface area contributed by atoms with Crippen molar-refractivity contribution in [3.05, 3.63) is 96.6 Å². The molecular weight excluding hydrogens is 382 g/mol. The third-order valence-electron chi connectivity index (χ3n) is 3.91. The van der Waals surface area contributed by atoms with E-state index in [1.165, 1.54) is 12.2 Å². The number of anilines is 1. The number of nitrogens with zero attached hydrogens (tertiary/aromatic N) is 1. The van der Waals surface area contributed by atoms with Gasteiger partial charge in [0, 0.05) is 17.7 Å². The molecule has 0 fully saturated rings. The van der Waals surface area contributed by atoms with Crippen molar-refractivity contribution in [3.8, 4) is 0 Å². The summed E-state index contributed by atoms with van der Waals surface area (Å²) in [4.78, 5) is 34.8. The number of carbonyl (C=O) groups excluding carboxylic acids is 3. The fraction of sp³-hybridized carbons (Fsp3) is 0.125. The van der Waals surface area contributed by atoms with Crippen molar-refractivity contribution in [1.29, 1.82) is 0 Å². The SMILES string of the molecule is C=C(CC=Cc1ccccc1)C(=O)OCCO.O=C1C=CC(=O)N1c1ccccc1. The Balaban J connectivity index is 0.000000220. The monoisotopic (exact) mass is 405 g/mol. The highest BCUT2D eigenvalue weighted by Crippen LogP contribution is 2.17. The summed E-state index contributed by atoms with van der Waals surface area (Å²) in [5, 5.41) is 8.50. The van der Waals surface area contributed by atoms with Crippen molar-refractivity contribution in [2.45, 2.75) is 6.42 Å². The Morgan fingerprint density at radius 2 is 1.53 bits per heavy atom. The number of para-hydroxylation sites is 1. The molecule has 1 N–H and O–H groups in total. The van der Waals surface area contributed by atoms with E-state index in [1.54, 1.807) is 24.3 Å². The van der Waals surface area contributed by atoms with E-state index in [4.69, 9.17) is 9.84 Å². The molecule has 0 spiro atoms. The van der Waals surface area contributed by atoms with Crippen LogP contribution in [-0.4, -0.2) is 36.1 Å². The van der Waals surface area contributed by atoms with Gasteiger partial charge >= 0.3 is 5.97 Å². The molecule has 2 aromatic rings. The molecule has 1 heterocycles. The summed E-state index contributed by atoms with van der Waals surface area (Å²) < 4.78 is 4.73. The maximum atomic E-state index is 11.3. The van der Waals surface area contributed by atoms with Gasteiger partial charge < -0.3 is 9.84 Å². The first-order valence-corrected chi connectivity index (χ1v) is 9.31. The summed E-state index contributed by atoms with van der Waals surface area (Å²) in [6.07, 6.45) is 6.77. The average molecular weight is 405 g/mol. The zero-order chi connectivity index (χ0) is 21.8. The Morgan fingerprint density at radius 3 is 2.10 bits per heavy atom. The molecule has 0 aliphatic carbocycles. The van der Waals surface area contributed by atoms with Gasteiger partial charge in [-0.2, -0.15) is 0 Å². The second kappa shape index (κ2) is 11.9. The van der Waals surface area contributed by atoms with Crippen LogP contribution in [0.4, 0.5) is 5.69 Å². The van der Waals surface area contributed by atoms with Crippen molar-refractivity contribution in [2.24, 2.45) is 0 Å². The molecule has 0 atom stereocenters. The summed E-state index contributed by atoms with van der Waals surface area (Å²) in [6.45, 7) is 3.48. The lowest BCUT2D eigenvalue weighted by Crippen LogP contribution is -2.29. The number of esters is 1. The van der Waals surface area contributed by atoms with Crippen LogP contribution in [0.1, 0.15) is 12.0 Å². The van der Waals surface area contributed by atoms with Crippen LogP contribution >= 0.6 is 0 Å². The minimum Gasteiger partial charge on any atom is -0.460 e. The summed E-state index contributed by atoms with van der Waals surface area (Å²) in [5.41, 5.74) is 2.07. The molecule has 0 bridgehead atoms. The lowest BCUT2D eigenvalue weighted by atomic mass is 10.1. The van der Waals surface area contributed by atoms with Crippen molar-refractivity contribution in [3.63, 3.8) is 0 Å². The Labute approximate surface area is 175 Å². The van der Waals surface area contributed by atoms with E-state index < -0.39 is 5.97 Å². The van der Waals surface area contributed by atoms with Crippen molar-refractivity contribution >= 4 is 29.5 Å². The number of aliphatic hydroxyl groups is 1. The minimum absolute atomic E-state index is 0.0141. The molecule has 2 amide bonds. The first kappa shape index (κ1) is 22.5. The zero-order valence-electron chi connectivity index (χ0n) is 16.4. The van der Waals surface area contributed by atoms with Gasteiger partial charge in [-0.25, -0.2) is 9.69 Å². The second-order valence-electron chi connectivity index (χ2n) is 6.16. The Bertz CT molecular complexity index is 915. The van der Waals surface area contributed by atoms with Gasteiger partial charge in [-0.3, -0.25) is 9.59 Å². The van der Waals surface area contributed by atoms with E-state index in [0.717, 1.165) is 10.5 Å². The van der Waals surface area contributed by atoms with Crippen LogP contribution in [0.25, 0.3) is 6.08 Å². The molecule has 1 aliphatic rings. The fourth-order valence-corrected chi connectivity index (χ4v) is 2.46. The second-order valence-corrected chi connectivity index (χ2v) is 6.16. The topological polar surface area (TPSA) is 83.9 Å². The van der Waals surface area contributed by atoms with E-state index in [-0.39, 0.29) is 25.0 Å². The van der Waals surface area contributed by atoms with Crippen LogP contribution in [-0.2, 0) is 19.1 Å². The Kier molecular flexibility index (Phi) is 8.96. The highest BCUT2D eigenvalue weighted by molar-refractivity contribution is 6.28.